The molecule has 0 spiro atoms. The largest absolute Gasteiger partial charge is 0.0616 e. The summed E-state index contributed by atoms with van der Waals surface area (Å²) in [5.74, 6) is 0. The maximum Gasteiger partial charge on any atom is 0.0159 e. The zero-order valence-corrected chi connectivity index (χ0v) is 29.8. The molecule has 0 radical (unpaired) electrons. The molecule has 0 aromatic heterocycles. The average Bonchev–Trinajstić information content (AvgIpc) is 3.44. The number of rotatable bonds is 3. The van der Waals surface area contributed by atoms with Gasteiger partial charge < -0.3 is 0 Å². The van der Waals surface area contributed by atoms with Gasteiger partial charge in [0.1, 0.15) is 0 Å². The summed E-state index contributed by atoms with van der Waals surface area (Å²) in [5.41, 5.74) is 13.0. The molecule has 0 atom stereocenters. The third-order valence-corrected chi connectivity index (χ3v) is 12.0. The molecule has 1 aliphatic rings. The minimum atomic E-state index is -0.129. The third kappa shape index (κ3) is 4.49. The van der Waals surface area contributed by atoms with E-state index in [-0.39, 0.29) is 5.41 Å². The van der Waals surface area contributed by atoms with Gasteiger partial charge in [0, 0.05) is 5.41 Å². The highest BCUT2D eigenvalue weighted by Gasteiger charge is 2.36. The lowest BCUT2D eigenvalue weighted by Crippen LogP contribution is -2.15. The molecule has 0 saturated carbocycles. The number of fused-ring (bicyclic) bond motifs is 10. The molecule has 0 unspecified atom stereocenters. The van der Waals surface area contributed by atoms with Crippen molar-refractivity contribution in [3.8, 4) is 44.5 Å². The SMILES string of the molecule is CC1(C)c2cc(-c3ccc4ccccc4c3)ccc2-c2ccc(-c3cccc4c(-c5cc6c7ccccc7ccc6c6ccccc56)cccc34)cc21. The number of hydrogen-bond donors (Lipinski definition) is 0. The van der Waals surface area contributed by atoms with Gasteiger partial charge in [0.2, 0.25) is 0 Å². The Balaban J connectivity index is 1.05. The van der Waals surface area contributed by atoms with Crippen molar-refractivity contribution < 1.29 is 0 Å². The Hall–Kier alpha value is -6.50. The average molecular weight is 673 g/mol. The summed E-state index contributed by atoms with van der Waals surface area (Å²) in [6.45, 7) is 4.78. The summed E-state index contributed by atoms with van der Waals surface area (Å²) in [7, 11) is 0. The van der Waals surface area contributed by atoms with Crippen LogP contribution in [-0.4, -0.2) is 0 Å². The van der Waals surface area contributed by atoms with Crippen LogP contribution in [0, 0.1) is 0 Å². The van der Waals surface area contributed by atoms with Crippen LogP contribution in [0.25, 0.3) is 98.4 Å². The summed E-state index contributed by atoms with van der Waals surface area (Å²) >= 11 is 0. The van der Waals surface area contributed by atoms with Crippen molar-refractivity contribution in [3.63, 3.8) is 0 Å². The molecule has 0 nitrogen and oxygen atoms in total. The van der Waals surface area contributed by atoms with Gasteiger partial charge in [0.05, 0.1) is 0 Å². The predicted molar refractivity (Wildman–Crippen MR) is 228 cm³/mol. The second kappa shape index (κ2) is 11.2. The molecule has 0 amide bonds. The van der Waals surface area contributed by atoms with Gasteiger partial charge in [-0.15, -0.1) is 0 Å². The maximum absolute atomic E-state index is 2.46. The molecule has 0 aliphatic heterocycles. The summed E-state index contributed by atoms with van der Waals surface area (Å²) < 4.78 is 0. The van der Waals surface area contributed by atoms with E-state index in [1.165, 1.54) is 109 Å². The Morgan fingerprint density at radius 2 is 0.774 bits per heavy atom. The fourth-order valence-electron chi connectivity index (χ4n) is 9.33. The lowest BCUT2D eigenvalue weighted by molar-refractivity contribution is 0.661. The molecule has 11 rings (SSSR count). The summed E-state index contributed by atoms with van der Waals surface area (Å²) in [6.07, 6.45) is 0. The molecule has 0 fully saturated rings. The molecule has 10 aromatic rings. The van der Waals surface area contributed by atoms with Crippen LogP contribution in [0.1, 0.15) is 25.0 Å². The molecule has 0 N–H and O–H groups in total. The molecule has 0 bridgehead atoms. The first-order valence-electron chi connectivity index (χ1n) is 18.7. The topological polar surface area (TPSA) is 0 Å². The minimum absolute atomic E-state index is 0.129. The Bertz CT molecular complexity index is 3140. The molecule has 53 heavy (non-hydrogen) atoms. The van der Waals surface area contributed by atoms with E-state index in [1.807, 2.05) is 0 Å². The van der Waals surface area contributed by atoms with Crippen molar-refractivity contribution in [1.82, 2.24) is 0 Å². The van der Waals surface area contributed by atoms with E-state index in [0.29, 0.717) is 0 Å². The highest BCUT2D eigenvalue weighted by atomic mass is 14.4. The molecular formula is C53H36. The van der Waals surface area contributed by atoms with Gasteiger partial charge in [-0.3, -0.25) is 0 Å². The molecule has 0 saturated heterocycles. The van der Waals surface area contributed by atoms with Gasteiger partial charge >= 0.3 is 0 Å². The smallest absolute Gasteiger partial charge is 0.0159 e. The summed E-state index contributed by atoms with van der Waals surface area (Å²) in [5, 5.41) is 12.9. The monoisotopic (exact) mass is 672 g/mol. The second-order valence-electron chi connectivity index (χ2n) is 15.3. The lowest BCUT2D eigenvalue weighted by atomic mass is 9.80. The Morgan fingerprint density at radius 1 is 0.264 bits per heavy atom. The van der Waals surface area contributed by atoms with Crippen LogP contribution in [0.5, 0.6) is 0 Å². The fraction of sp³-hybridized carbons (Fsp3) is 0.0566. The molecule has 1 aliphatic carbocycles. The van der Waals surface area contributed by atoms with Crippen LogP contribution in [0.4, 0.5) is 0 Å². The van der Waals surface area contributed by atoms with Crippen LogP contribution in [0.2, 0.25) is 0 Å². The van der Waals surface area contributed by atoms with Crippen LogP contribution in [0.3, 0.4) is 0 Å². The highest BCUT2D eigenvalue weighted by Crippen LogP contribution is 2.51. The van der Waals surface area contributed by atoms with Crippen LogP contribution < -0.4 is 0 Å². The van der Waals surface area contributed by atoms with E-state index in [2.05, 4.69) is 196 Å². The van der Waals surface area contributed by atoms with Crippen molar-refractivity contribution in [2.24, 2.45) is 0 Å². The van der Waals surface area contributed by atoms with E-state index in [9.17, 15) is 0 Å². The number of hydrogen-bond acceptors (Lipinski definition) is 0. The van der Waals surface area contributed by atoms with Gasteiger partial charge in [0.25, 0.3) is 0 Å². The van der Waals surface area contributed by atoms with Crippen molar-refractivity contribution in [1.29, 1.82) is 0 Å². The Morgan fingerprint density at radius 3 is 1.57 bits per heavy atom. The predicted octanol–water partition coefficient (Wildman–Crippen LogP) is 14.8. The van der Waals surface area contributed by atoms with Gasteiger partial charge in [-0.05, 0) is 134 Å². The minimum Gasteiger partial charge on any atom is -0.0616 e. The van der Waals surface area contributed by atoms with Crippen LogP contribution in [-0.2, 0) is 5.41 Å². The van der Waals surface area contributed by atoms with Gasteiger partial charge in [0.15, 0.2) is 0 Å². The molecule has 248 valence electrons. The first kappa shape index (κ1) is 30.2. The van der Waals surface area contributed by atoms with Crippen molar-refractivity contribution in [3.05, 3.63) is 193 Å². The second-order valence-corrected chi connectivity index (χ2v) is 15.3. The van der Waals surface area contributed by atoms with Crippen molar-refractivity contribution >= 4 is 53.9 Å². The molecular weight excluding hydrogens is 637 g/mol. The molecule has 10 aromatic carbocycles. The summed E-state index contributed by atoms with van der Waals surface area (Å²) in [6, 6.07) is 68.0. The van der Waals surface area contributed by atoms with E-state index in [4.69, 9.17) is 0 Å². The Kier molecular flexibility index (Phi) is 6.40. The standard InChI is InChI=1S/C53H36/c1-53(2)51-30-37(36-22-21-33-11-3-4-13-35(33)29-36)24-27-47(51)48-28-25-38(31-52(48)53)40-17-9-19-43-41(40)18-10-20-45(43)50-32-49-39-14-6-5-12-34(39)23-26-46(49)42-15-7-8-16-44(42)50/h3-32H,1-2H3. The maximum atomic E-state index is 2.46. The van der Waals surface area contributed by atoms with Gasteiger partial charge in [-0.2, -0.15) is 0 Å². The zero-order valence-electron chi connectivity index (χ0n) is 29.8. The highest BCUT2D eigenvalue weighted by molar-refractivity contribution is 6.22. The fourth-order valence-corrected chi connectivity index (χ4v) is 9.33. The Labute approximate surface area is 309 Å². The van der Waals surface area contributed by atoms with Gasteiger partial charge in [-0.25, -0.2) is 0 Å². The van der Waals surface area contributed by atoms with Crippen molar-refractivity contribution in [2.75, 3.05) is 0 Å². The van der Waals surface area contributed by atoms with Gasteiger partial charge in [-0.1, -0.05) is 172 Å². The van der Waals surface area contributed by atoms with E-state index < -0.39 is 0 Å². The normalized spacial score (nSPS) is 13.2. The lowest BCUT2D eigenvalue weighted by Gasteiger charge is -2.23. The third-order valence-electron chi connectivity index (χ3n) is 12.0. The first-order valence-corrected chi connectivity index (χ1v) is 18.7. The molecule has 0 heterocycles. The summed E-state index contributed by atoms with van der Waals surface area (Å²) in [4.78, 5) is 0. The van der Waals surface area contributed by atoms with E-state index >= 15 is 0 Å². The van der Waals surface area contributed by atoms with E-state index in [1.54, 1.807) is 0 Å². The number of benzene rings is 10. The van der Waals surface area contributed by atoms with Crippen molar-refractivity contribution in [2.45, 2.75) is 19.3 Å². The first-order chi connectivity index (χ1) is 26.0. The van der Waals surface area contributed by atoms with E-state index in [0.717, 1.165) is 0 Å². The quantitative estimate of drug-likeness (QED) is 0.164. The van der Waals surface area contributed by atoms with Crippen LogP contribution >= 0.6 is 0 Å². The van der Waals surface area contributed by atoms with Crippen LogP contribution in [0.15, 0.2) is 182 Å². The zero-order chi connectivity index (χ0) is 35.3. The molecule has 0 heteroatoms.